The van der Waals surface area contributed by atoms with Crippen LogP contribution in [-0.2, 0) is 9.53 Å². The number of aromatic nitrogens is 1. The zero-order valence-electron chi connectivity index (χ0n) is 10.8. The van der Waals surface area contributed by atoms with Gasteiger partial charge in [-0.1, -0.05) is 30.4 Å². The van der Waals surface area contributed by atoms with Crippen molar-refractivity contribution in [2.24, 2.45) is 0 Å². The summed E-state index contributed by atoms with van der Waals surface area (Å²) in [5, 5.41) is 2.46. The highest BCUT2D eigenvalue weighted by atomic mass is 32.1. The van der Waals surface area contributed by atoms with Gasteiger partial charge in [0.2, 0.25) is 0 Å². The zero-order valence-corrected chi connectivity index (χ0v) is 11.6. The molecule has 0 spiro atoms. The lowest BCUT2D eigenvalue weighted by molar-refractivity contribution is -0.142. The minimum Gasteiger partial charge on any atom is -0.469 e. The Balaban J connectivity index is 2.11. The van der Waals surface area contributed by atoms with Crippen LogP contribution in [0.2, 0.25) is 0 Å². The van der Waals surface area contributed by atoms with E-state index in [0.717, 1.165) is 5.56 Å². The summed E-state index contributed by atoms with van der Waals surface area (Å²) in [7, 11) is 1.41. The molecule has 4 nitrogen and oxygen atoms in total. The van der Waals surface area contributed by atoms with E-state index in [-0.39, 0.29) is 11.9 Å². The molecule has 1 atom stereocenters. The van der Waals surface area contributed by atoms with E-state index in [9.17, 15) is 4.79 Å². The SMILES string of the molecule is CCC(C(=O)OC)c1ccc(Oc2nccs2)cc1. The first-order valence-electron chi connectivity index (χ1n) is 5.99. The van der Waals surface area contributed by atoms with Crippen molar-refractivity contribution in [3.8, 4) is 10.9 Å². The largest absolute Gasteiger partial charge is 0.469 e. The van der Waals surface area contributed by atoms with Crippen molar-refractivity contribution in [2.45, 2.75) is 19.3 Å². The number of carbonyl (C=O) groups excluding carboxylic acids is 1. The Hall–Kier alpha value is -1.88. The summed E-state index contributed by atoms with van der Waals surface area (Å²) in [6.07, 6.45) is 2.40. The number of carbonyl (C=O) groups is 1. The highest BCUT2D eigenvalue weighted by molar-refractivity contribution is 7.11. The zero-order chi connectivity index (χ0) is 13.7. The fraction of sp³-hybridized carbons (Fsp3) is 0.286. The van der Waals surface area contributed by atoms with Crippen molar-refractivity contribution in [1.82, 2.24) is 4.98 Å². The molecule has 19 heavy (non-hydrogen) atoms. The molecule has 1 heterocycles. The Morgan fingerprint density at radius 3 is 2.63 bits per heavy atom. The molecule has 0 saturated carbocycles. The number of hydrogen-bond donors (Lipinski definition) is 0. The molecule has 1 aromatic carbocycles. The topological polar surface area (TPSA) is 48.4 Å². The van der Waals surface area contributed by atoms with Crippen LogP contribution in [0, 0.1) is 0 Å². The van der Waals surface area contributed by atoms with E-state index >= 15 is 0 Å². The van der Waals surface area contributed by atoms with E-state index in [1.165, 1.54) is 18.4 Å². The van der Waals surface area contributed by atoms with Gasteiger partial charge < -0.3 is 9.47 Å². The maximum atomic E-state index is 11.6. The molecule has 2 rings (SSSR count). The molecule has 0 bridgehead atoms. The molecular weight excluding hydrogens is 262 g/mol. The van der Waals surface area contributed by atoms with E-state index in [1.54, 1.807) is 6.20 Å². The van der Waals surface area contributed by atoms with Gasteiger partial charge in [0.05, 0.1) is 13.0 Å². The number of methoxy groups -OCH3 is 1. The predicted molar refractivity (Wildman–Crippen MR) is 73.7 cm³/mol. The van der Waals surface area contributed by atoms with Crippen molar-refractivity contribution in [1.29, 1.82) is 0 Å². The predicted octanol–water partition coefficient (Wildman–Crippen LogP) is 3.60. The minimum atomic E-state index is -0.223. The molecule has 0 aliphatic heterocycles. The molecule has 1 aromatic heterocycles. The van der Waals surface area contributed by atoms with Gasteiger partial charge in [-0.3, -0.25) is 4.79 Å². The van der Waals surface area contributed by atoms with Crippen LogP contribution in [0.15, 0.2) is 35.8 Å². The van der Waals surface area contributed by atoms with Crippen molar-refractivity contribution in [3.05, 3.63) is 41.4 Å². The van der Waals surface area contributed by atoms with E-state index in [1.807, 2.05) is 36.6 Å². The molecule has 5 heteroatoms. The maximum absolute atomic E-state index is 11.6. The first kappa shape index (κ1) is 13.5. The van der Waals surface area contributed by atoms with E-state index < -0.39 is 0 Å². The third-order valence-corrected chi connectivity index (χ3v) is 3.44. The molecular formula is C14H15NO3S. The van der Waals surface area contributed by atoms with Crippen molar-refractivity contribution in [3.63, 3.8) is 0 Å². The quantitative estimate of drug-likeness (QED) is 0.783. The lowest BCUT2D eigenvalue weighted by Gasteiger charge is -2.13. The lowest BCUT2D eigenvalue weighted by Crippen LogP contribution is -2.13. The van der Waals surface area contributed by atoms with Crippen LogP contribution in [0.4, 0.5) is 0 Å². The van der Waals surface area contributed by atoms with Crippen molar-refractivity contribution < 1.29 is 14.3 Å². The van der Waals surface area contributed by atoms with Gasteiger partial charge in [0.25, 0.3) is 5.19 Å². The van der Waals surface area contributed by atoms with Crippen LogP contribution in [0.1, 0.15) is 24.8 Å². The van der Waals surface area contributed by atoms with Gasteiger partial charge in [-0.15, -0.1) is 0 Å². The molecule has 0 N–H and O–H groups in total. The smallest absolute Gasteiger partial charge is 0.313 e. The Morgan fingerprint density at radius 2 is 2.11 bits per heavy atom. The third kappa shape index (κ3) is 3.32. The summed E-state index contributed by atoms with van der Waals surface area (Å²) in [6, 6.07) is 7.44. The van der Waals surface area contributed by atoms with Gasteiger partial charge in [-0.05, 0) is 24.1 Å². The summed E-state index contributed by atoms with van der Waals surface area (Å²) < 4.78 is 10.4. The number of esters is 1. The standard InChI is InChI=1S/C14H15NO3S/c1-3-12(13(16)17-2)10-4-6-11(7-5-10)18-14-15-8-9-19-14/h4-9,12H,3H2,1-2H3. The molecule has 1 unspecified atom stereocenters. The van der Waals surface area contributed by atoms with Gasteiger partial charge in [0.1, 0.15) is 5.75 Å². The van der Waals surface area contributed by atoms with Gasteiger partial charge >= 0.3 is 5.97 Å². The average molecular weight is 277 g/mol. The molecule has 0 fully saturated rings. The molecule has 0 amide bonds. The normalized spacial score (nSPS) is 11.9. The van der Waals surface area contributed by atoms with E-state index in [2.05, 4.69) is 4.98 Å². The highest BCUT2D eigenvalue weighted by Crippen LogP contribution is 2.27. The second-order valence-corrected chi connectivity index (χ2v) is 4.81. The average Bonchev–Trinajstić information content (AvgIpc) is 2.94. The number of benzene rings is 1. The van der Waals surface area contributed by atoms with Gasteiger partial charge in [0.15, 0.2) is 0 Å². The van der Waals surface area contributed by atoms with Gasteiger partial charge in [-0.2, -0.15) is 0 Å². The van der Waals surface area contributed by atoms with E-state index in [4.69, 9.17) is 9.47 Å². The van der Waals surface area contributed by atoms with Crippen LogP contribution < -0.4 is 4.74 Å². The fourth-order valence-corrected chi connectivity index (χ4v) is 2.31. The molecule has 0 aliphatic rings. The molecule has 2 aromatic rings. The number of ether oxygens (including phenoxy) is 2. The van der Waals surface area contributed by atoms with Crippen LogP contribution >= 0.6 is 11.3 Å². The van der Waals surface area contributed by atoms with Gasteiger partial charge in [-0.25, -0.2) is 4.98 Å². The molecule has 100 valence electrons. The third-order valence-electron chi connectivity index (χ3n) is 2.79. The second-order valence-electron chi connectivity index (χ2n) is 3.95. The highest BCUT2D eigenvalue weighted by Gasteiger charge is 2.19. The second kappa shape index (κ2) is 6.33. The first-order chi connectivity index (χ1) is 9.24. The summed E-state index contributed by atoms with van der Waals surface area (Å²) in [4.78, 5) is 15.7. The maximum Gasteiger partial charge on any atom is 0.313 e. The van der Waals surface area contributed by atoms with Crippen LogP contribution in [0.3, 0.4) is 0 Å². The Morgan fingerprint density at radius 1 is 1.37 bits per heavy atom. The number of rotatable bonds is 5. The van der Waals surface area contributed by atoms with Crippen molar-refractivity contribution in [2.75, 3.05) is 7.11 Å². The van der Waals surface area contributed by atoms with Crippen molar-refractivity contribution >= 4 is 17.3 Å². The van der Waals surface area contributed by atoms with Gasteiger partial charge in [0, 0.05) is 11.6 Å². The number of thiazole rings is 1. The van der Waals surface area contributed by atoms with Crippen LogP contribution in [0.25, 0.3) is 0 Å². The van der Waals surface area contributed by atoms with Crippen LogP contribution in [-0.4, -0.2) is 18.1 Å². The number of hydrogen-bond acceptors (Lipinski definition) is 5. The summed E-state index contributed by atoms with van der Waals surface area (Å²) in [5.74, 6) is 0.272. The Bertz CT molecular complexity index is 522. The Kier molecular flexibility index (Phi) is 4.52. The molecule has 0 saturated heterocycles. The molecule has 0 radical (unpaired) electrons. The summed E-state index contributed by atoms with van der Waals surface area (Å²) in [6.45, 7) is 1.96. The Labute approximate surface area is 116 Å². The summed E-state index contributed by atoms with van der Waals surface area (Å²) >= 11 is 1.43. The van der Waals surface area contributed by atoms with E-state index in [0.29, 0.717) is 17.4 Å². The fourth-order valence-electron chi connectivity index (χ4n) is 1.81. The lowest BCUT2D eigenvalue weighted by atomic mass is 9.97. The summed E-state index contributed by atoms with van der Waals surface area (Å²) in [5.41, 5.74) is 0.931. The molecule has 0 aliphatic carbocycles. The number of nitrogens with zero attached hydrogens (tertiary/aromatic N) is 1. The van der Waals surface area contributed by atoms with Crippen LogP contribution in [0.5, 0.6) is 10.9 Å². The minimum absolute atomic E-state index is 0.212. The first-order valence-corrected chi connectivity index (χ1v) is 6.87. The monoisotopic (exact) mass is 277 g/mol.